The maximum Gasteiger partial charge on any atom is 0.242 e. The zero-order valence-corrected chi connectivity index (χ0v) is 9.65. The Hall–Kier alpha value is -1.65. The standard InChI is InChI=1S/C11H15N3O2/c1-7(2)11(3)6-8(15)14(9(11)16)10-12-4-5-13-10/h4-5,7H,6H2,1-3H3,(H,12,13). The fourth-order valence-electron chi connectivity index (χ4n) is 1.88. The van der Waals surface area contributed by atoms with E-state index < -0.39 is 5.41 Å². The number of amides is 2. The van der Waals surface area contributed by atoms with Crippen LogP contribution in [0.25, 0.3) is 0 Å². The SMILES string of the molecule is CC(C)C1(C)CC(=O)N(c2ncc[nH]2)C1=O. The van der Waals surface area contributed by atoms with E-state index in [1.54, 1.807) is 6.20 Å². The number of aromatic nitrogens is 2. The van der Waals surface area contributed by atoms with Crippen molar-refractivity contribution in [2.24, 2.45) is 11.3 Å². The van der Waals surface area contributed by atoms with Crippen molar-refractivity contribution in [2.75, 3.05) is 4.90 Å². The summed E-state index contributed by atoms with van der Waals surface area (Å²) >= 11 is 0. The lowest BCUT2D eigenvalue weighted by Gasteiger charge is -2.25. The minimum atomic E-state index is -0.607. The van der Waals surface area contributed by atoms with Gasteiger partial charge in [-0.25, -0.2) is 9.88 Å². The third kappa shape index (κ3) is 1.35. The molecule has 1 N–H and O–H groups in total. The Kier molecular flexibility index (Phi) is 2.33. The minimum Gasteiger partial charge on any atom is -0.330 e. The monoisotopic (exact) mass is 221 g/mol. The smallest absolute Gasteiger partial charge is 0.242 e. The second-order valence-electron chi connectivity index (χ2n) is 4.70. The van der Waals surface area contributed by atoms with Crippen molar-refractivity contribution >= 4 is 17.8 Å². The molecule has 0 bridgehead atoms. The third-order valence-corrected chi connectivity index (χ3v) is 3.43. The van der Waals surface area contributed by atoms with Crippen molar-refractivity contribution in [2.45, 2.75) is 27.2 Å². The fraction of sp³-hybridized carbons (Fsp3) is 0.545. The van der Waals surface area contributed by atoms with Crippen LogP contribution in [0.1, 0.15) is 27.2 Å². The lowest BCUT2D eigenvalue weighted by atomic mass is 9.78. The quantitative estimate of drug-likeness (QED) is 0.766. The molecule has 0 aromatic carbocycles. The Morgan fingerprint density at radius 2 is 2.19 bits per heavy atom. The van der Waals surface area contributed by atoms with E-state index in [4.69, 9.17) is 0 Å². The minimum absolute atomic E-state index is 0.129. The fourth-order valence-corrected chi connectivity index (χ4v) is 1.88. The predicted octanol–water partition coefficient (Wildman–Crippen LogP) is 1.34. The van der Waals surface area contributed by atoms with Crippen LogP contribution in [0.3, 0.4) is 0 Å². The molecule has 1 atom stereocenters. The largest absolute Gasteiger partial charge is 0.330 e. The van der Waals surface area contributed by atoms with Gasteiger partial charge in [-0.15, -0.1) is 0 Å². The number of rotatable bonds is 2. The Labute approximate surface area is 93.9 Å². The van der Waals surface area contributed by atoms with E-state index in [0.29, 0.717) is 5.95 Å². The molecule has 1 aliphatic rings. The number of carbonyl (C=O) groups is 2. The molecule has 0 spiro atoms. The van der Waals surface area contributed by atoms with Crippen molar-refractivity contribution in [3.8, 4) is 0 Å². The van der Waals surface area contributed by atoms with Crippen molar-refractivity contribution < 1.29 is 9.59 Å². The maximum absolute atomic E-state index is 12.2. The highest BCUT2D eigenvalue weighted by Gasteiger charge is 2.51. The summed E-state index contributed by atoms with van der Waals surface area (Å²) in [6.45, 7) is 5.74. The number of imidazole rings is 1. The van der Waals surface area contributed by atoms with Gasteiger partial charge in [-0.1, -0.05) is 13.8 Å². The molecule has 1 aromatic heterocycles. The number of hydrogen-bond acceptors (Lipinski definition) is 3. The van der Waals surface area contributed by atoms with E-state index in [1.807, 2.05) is 20.8 Å². The Balaban J connectivity index is 2.38. The molecule has 0 saturated carbocycles. The molecule has 16 heavy (non-hydrogen) atoms. The van der Waals surface area contributed by atoms with E-state index in [1.165, 1.54) is 6.20 Å². The Morgan fingerprint density at radius 3 is 2.62 bits per heavy atom. The summed E-state index contributed by atoms with van der Waals surface area (Å²) in [4.78, 5) is 32.0. The van der Waals surface area contributed by atoms with E-state index in [-0.39, 0.29) is 24.2 Å². The first kappa shape index (κ1) is 10.9. The first-order valence-electron chi connectivity index (χ1n) is 5.33. The lowest BCUT2D eigenvalue weighted by Crippen LogP contribution is -2.37. The van der Waals surface area contributed by atoms with Crippen LogP contribution < -0.4 is 4.90 Å². The predicted molar refractivity (Wildman–Crippen MR) is 58.6 cm³/mol. The number of anilines is 1. The van der Waals surface area contributed by atoms with E-state index in [2.05, 4.69) is 9.97 Å². The van der Waals surface area contributed by atoms with Gasteiger partial charge in [-0.3, -0.25) is 9.59 Å². The van der Waals surface area contributed by atoms with Crippen molar-refractivity contribution in [3.63, 3.8) is 0 Å². The number of nitrogens with one attached hydrogen (secondary N) is 1. The van der Waals surface area contributed by atoms with Gasteiger partial charge in [-0.05, 0) is 12.8 Å². The van der Waals surface area contributed by atoms with Gasteiger partial charge in [0.15, 0.2) is 0 Å². The number of aromatic amines is 1. The molecule has 5 nitrogen and oxygen atoms in total. The summed E-state index contributed by atoms with van der Waals surface area (Å²) < 4.78 is 0. The molecular formula is C11H15N3O2. The Morgan fingerprint density at radius 1 is 1.50 bits per heavy atom. The van der Waals surface area contributed by atoms with Crippen LogP contribution >= 0.6 is 0 Å². The molecule has 2 heterocycles. The van der Waals surface area contributed by atoms with Crippen LogP contribution in [0.2, 0.25) is 0 Å². The van der Waals surface area contributed by atoms with E-state index >= 15 is 0 Å². The first-order chi connectivity index (χ1) is 7.47. The summed E-state index contributed by atoms with van der Waals surface area (Å²) in [5, 5.41) is 0. The van der Waals surface area contributed by atoms with E-state index in [0.717, 1.165) is 4.90 Å². The zero-order valence-electron chi connectivity index (χ0n) is 9.65. The topological polar surface area (TPSA) is 66.1 Å². The molecule has 5 heteroatoms. The molecule has 1 fully saturated rings. The lowest BCUT2D eigenvalue weighted by molar-refractivity contribution is -0.126. The molecule has 2 rings (SSSR count). The zero-order chi connectivity index (χ0) is 11.9. The molecule has 1 aromatic rings. The summed E-state index contributed by atoms with van der Waals surface area (Å²) in [7, 11) is 0. The van der Waals surface area contributed by atoms with Gasteiger partial charge in [0.05, 0.1) is 5.41 Å². The Bertz CT molecular complexity index is 424. The highest BCUT2D eigenvalue weighted by molar-refractivity contribution is 6.21. The van der Waals surface area contributed by atoms with Gasteiger partial charge >= 0.3 is 0 Å². The van der Waals surface area contributed by atoms with Gasteiger partial charge < -0.3 is 4.98 Å². The summed E-state index contributed by atoms with van der Waals surface area (Å²) in [6, 6.07) is 0. The first-order valence-corrected chi connectivity index (χ1v) is 5.33. The van der Waals surface area contributed by atoms with Gasteiger partial charge in [0.1, 0.15) is 0 Å². The molecule has 0 aliphatic carbocycles. The highest BCUT2D eigenvalue weighted by Crippen LogP contribution is 2.40. The number of carbonyl (C=O) groups excluding carboxylic acids is 2. The molecule has 86 valence electrons. The highest BCUT2D eigenvalue weighted by atomic mass is 16.2. The number of imide groups is 1. The number of hydrogen-bond donors (Lipinski definition) is 1. The maximum atomic E-state index is 12.2. The van der Waals surface area contributed by atoms with Crippen LogP contribution in [-0.2, 0) is 9.59 Å². The van der Waals surface area contributed by atoms with Crippen LogP contribution in [0.15, 0.2) is 12.4 Å². The third-order valence-electron chi connectivity index (χ3n) is 3.43. The van der Waals surface area contributed by atoms with Gasteiger partial charge in [0, 0.05) is 18.8 Å². The van der Waals surface area contributed by atoms with Crippen molar-refractivity contribution in [1.29, 1.82) is 0 Å². The summed E-state index contributed by atoms with van der Waals surface area (Å²) in [5.41, 5.74) is -0.607. The molecule has 0 radical (unpaired) electrons. The van der Waals surface area contributed by atoms with Gasteiger partial charge in [-0.2, -0.15) is 0 Å². The average molecular weight is 221 g/mol. The van der Waals surface area contributed by atoms with Crippen molar-refractivity contribution in [3.05, 3.63) is 12.4 Å². The number of H-pyrrole nitrogens is 1. The van der Waals surface area contributed by atoms with Gasteiger partial charge in [0.25, 0.3) is 0 Å². The molecule has 1 unspecified atom stereocenters. The van der Waals surface area contributed by atoms with Crippen molar-refractivity contribution in [1.82, 2.24) is 9.97 Å². The van der Waals surface area contributed by atoms with Crippen LogP contribution in [0, 0.1) is 11.3 Å². The van der Waals surface area contributed by atoms with Crippen LogP contribution in [0.5, 0.6) is 0 Å². The molecule has 1 saturated heterocycles. The second-order valence-corrected chi connectivity index (χ2v) is 4.70. The van der Waals surface area contributed by atoms with Gasteiger partial charge in [0.2, 0.25) is 17.8 Å². The molecular weight excluding hydrogens is 206 g/mol. The van der Waals surface area contributed by atoms with Crippen LogP contribution in [0.4, 0.5) is 5.95 Å². The second kappa shape index (κ2) is 3.43. The number of nitrogens with zero attached hydrogens (tertiary/aromatic N) is 2. The van der Waals surface area contributed by atoms with Crippen LogP contribution in [-0.4, -0.2) is 21.8 Å². The summed E-state index contributed by atoms with van der Waals surface area (Å²) in [6.07, 6.45) is 3.38. The summed E-state index contributed by atoms with van der Waals surface area (Å²) in [5.74, 6) is 0.0990. The molecule has 1 aliphatic heterocycles. The average Bonchev–Trinajstić information content (AvgIpc) is 2.76. The van der Waals surface area contributed by atoms with E-state index in [9.17, 15) is 9.59 Å². The normalized spacial score (nSPS) is 25.9. The molecule has 2 amide bonds.